The van der Waals surface area contributed by atoms with E-state index in [2.05, 4.69) is 15.5 Å². The van der Waals surface area contributed by atoms with E-state index in [-0.39, 0.29) is 5.91 Å². The van der Waals surface area contributed by atoms with Gasteiger partial charge in [-0.1, -0.05) is 17.3 Å². The van der Waals surface area contributed by atoms with Crippen molar-refractivity contribution in [2.75, 3.05) is 18.2 Å². The number of rotatable bonds is 7. The van der Waals surface area contributed by atoms with Crippen LogP contribution in [0.4, 0.5) is 5.69 Å². The van der Waals surface area contributed by atoms with Crippen molar-refractivity contribution < 1.29 is 14.1 Å². The van der Waals surface area contributed by atoms with E-state index in [0.29, 0.717) is 23.2 Å². The molecule has 6 nitrogen and oxygen atoms in total. The van der Waals surface area contributed by atoms with Gasteiger partial charge < -0.3 is 14.6 Å². The lowest BCUT2D eigenvalue weighted by atomic mass is 10.1. The van der Waals surface area contributed by atoms with Gasteiger partial charge in [-0.25, -0.2) is 0 Å². The van der Waals surface area contributed by atoms with Crippen molar-refractivity contribution in [3.8, 4) is 17.1 Å². The quantitative estimate of drug-likeness (QED) is 0.658. The minimum atomic E-state index is -0.0522. The number of benzene rings is 2. The first kappa shape index (κ1) is 19.0. The summed E-state index contributed by atoms with van der Waals surface area (Å²) < 4.78 is 10.4. The van der Waals surface area contributed by atoms with Gasteiger partial charge in [0.25, 0.3) is 0 Å². The van der Waals surface area contributed by atoms with Crippen LogP contribution in [0.5, 0.6) is 5.75 Å². The van der Waals surface area contributed by atoms with Gasteiger partial charge >= 0.3 is 0 Å². The molecule has 0 aliphatic carbocycles. The Morgan fingerprint density at radius 1 is 1.19 bits per heavy atom. The Morgan fingerprint density at radius 3 is 2.70 bits per heavy atom. The summed E-state index contributed by atoms with van der Waals surface area (Å²) in [6, 6.07) is 13.3. The molecule has 3 rings (SSSR count). The number of aryl methyl sites for hydroxylation is 1. The summed E-state index contributed by atoms with van der Waals surface area (Å²) in [6.45, 7) is 4.02. The van der Waals surface area contributed by atoms with Crippen LogP contribution in [-0.4, -0.2) is 28.9 Å². The third-order valence-electron chi connectivity index (χ3n) is 4.15. The third kappa shape index (κ3) is 4.89. The van der Waals surface area contributed by atoms with Crippen LogP contribution < -0.4 is 10.1 Å². The molecule has 0 aliphatic rings. The second kappa shape index (κ2) is 8.73. The minimum Gasteiger partial charge on any atom is -0.497 e. The second-order valence-corrected chi connectivity index (χ2v) is 7.01. The smallest absolute Gasteiger partial charge is 0.236 e. The zero-order valence-corrected chi connectivity index (χ0v) is 16.3. The monoisotopic (exact) mass is 383 g/mol. The molecule has 0 spiro atoms. The molecule has 0 aliphatic heterocycles. The minimum absolute atomic E-state index is 0.0522. The largest absolute Gasteiger partial charge is 0.497 e. The summed E-state index contributed by atoms with van der Waals surface area (Å²) in [5, 5.41) is 6.93. The highest BCUT2D eigenvalue weighted by molar-refractivity contribution is 7.99. The summed E-state index contributed by atoms with van der Waals surface area (Å²) in [5.74, 6) is 2.52. The van der Waals surface area contributed by atoms with Crippen LogP contribution in [0.25, 0.3) is 11.4 Å². The predicted octanol–water partition coefficient (Wildman–Crippen LogP) is 4.23. The van der Waals surface area contributed by atoms with Gasteiger partial charge in [-0.05, 0) is 55.3 Å². The maximum absolute atomic E-state index is 12.1. The van der Waals surface area contributed by atoms with Crippen molar-refractivity contribution in [1.82, 2.24) is 10.1 Å². The van der Waals surface area contributed by atoms with Crippen LogP contribution >= 0.6 is 11.8 Å². The van der Waals surface area contributed by atoms with Crippen LogP contribution in [0, 0.1) is 13.8 Å². The van der Waals surface area contributed by atoms with E-state index in [1.165, 1.54) is 11.8 Å². The van der Waals surface area contributed by atoms with E-state index in [9.17, 15) is 4.79 Å². The highest BCUT2D eigenvalue weighted by Gasteiger charge is 2.11. The van der Waals surface area contributed by atoms with Gasteiger partial charge in [0, 0.05) is 11.3 Å². The number of hydrogen-bond acceptors (Lipinski definition) is 6. The third-order valence-corrected chi connectivity index (χ3v) is 5.07. The van der Waals surface area contributed by atoms with Gasteiger partial charge in [0.05, 0.1) is 18.6 Å². The van der Waals surface area contributed by atoms with E-state index in [4.69, 9.17) is 9.26 Å². The van der Waals surface area contributed by atoms with Gasteiger partial charge in [-0.3, -0.25) is 4.79 Å². The summed E-state index contributed by atoms with van der Waals surface area (Å²) in [6.07, 6.45) is 0. The van der Waals surface area contributed by atoms with E-state index < -0.39 is 0 Å². The molecular weight excluding hydrogens is 362 g/mol. The van der Waals surface area contributed by atoms with Crippen molar-refractivity contribution in [1.29, 1.82) is 0 Å². The van der Waals surface area contributed by atoms with Crippen LogP contribution in [0.1, 0.15) is 17.0 Å². The molecule has 140 valence electrons. The number of carbonyl (C=O) groups excluding carboxylic acids is 1. The Balaban J connectivity index is 1.51. The molecule has 1 N–H and O–H groups in total. The second-order valence-electron chi connectivity index (χ2n) is 6.03. The number of anilines is 1. The lowest BCUT2D eigenvalue weighted by Crippen LogP contribution is -2.15. The fourth-order valence-electron chi connectivity index (χ4n) is 2.47. The van der Waals surface area contributed by atoms with Crippen molar-refractivity contribution in [2.24, 2.45) is 0 Å². The van der Waals surface area contributed by atoms with Crippen LogP contribution in [0.3, 0.4) is 0 Å². The zero-order chi connectivity index (χ0) is 19.2. The summed E-state index contributed by atoms with van der Waals surface area (Å²) in [4.78, 5) is 16.5. The van der Waals surface area contributed by atoms with Crippen molar-refractivity contribution in [2.45, 2.75) is 19.6 Å². The molecule has 3 aromatic rings. The number of amides is 1. The number of hydrogen-bond donors (Lipinski definition) is 1. The Labute approximate surface area is 162 Å². The highest BCUT2D eigenvalue weighted by atomic mass is 32.2. The van der Waals surface area contributed by atoms with Gasteiger partial charge in [0.15, 0.2) is 0 Å². The molecule has 0 atom stereocenters. The maximum Gasteiger partial charge on any atom is 0.236 e. The molecule has 0 fully saturated rings. The van der Waals surface area contributed by atoms with Crippen LogP contribution in [0.15, 0.2) is 47.0 Å². The molecule has 2 aromatic carbocycles. The fourth-order valence-corrected chi connectivity index (χ4v) is 3.13. The van der Waals surface area contributed by atoms with Gasteiger partial charge in [0.2, 0.25) is 17.6 Å². The Morgan fingerprint density at radius 2 is 1.96 bits per heavy atom. The number of methoxy groups -OCH3 is 1. The normalized spacial score (nSPS) is 10.6. The predicted molar refractivity (Wildman–Crippen MR) is 107 cm³/mol. The molecule has 0 saturated heterocycles. The van der Waals surface area contributed by atoms with Crippen molar-refractivity contribution in [3.05, 3.63) is 59.5 Å². The average Bonchev–Trinajstić information content (AvgIpc) is 3.14. The van der Waals surface area contributed by atoms with E-state index in [0.717, 1.165) is 28.1 Å². The number of nitrogens with one attached hydrogen (secondary N) is 1. The fraction of sp³-hybridized carbons (Fsp3) is 0.250. The molecule has 27 heavy (non-hydrogen) atoms. The number of nitrogens with zero attached hydrogens (tertiary/aromatic N) is 2. The topological polar surface area (TPSA) is 77.2 Å². The lowest BCUT2D eigenvalue weighted by Gasteiger charge is -2.09. The van der Waals surface area contributed by atoms with Crippen LogP contribution in [-0.2, 0) is 10.5 Å². The van der Waals surface area contributed by atoms with E-state index >= 15 is 0 Å². The first-order chi connectivity index (χ1) is 13.1. The molecule has 0 saturated carbocycles. The Hall–Kier alpha value is -2.80. The van der Waals surface area contributed by atoms with Crippen molar-refractivity contribution >= 4 is 23.4 Å². The van der Waals surface area contributed by atoms with Crippen molar-refractivity contribution in [3.63, 3.8) is 0 Å². The average molecular weight is 383 g/mol. The first-order valence-corrected chi connectivity index (χ1v) is 9.63. The number of aromatic nitrogens is 2. The summed E-state index contributed by atoms with van der Waals surface area (Å²) >= 11 is 1.43. The summed E-state index contributed by atoms with van der Waals surface area (Å²) in [7, 11) is 1.62. The first-order valence-electron chi connectivity index (χ1n) is 8.47. The standard InChI is InChI=1S/C20H21N3O3S/c1-13-5-4-6-17(14(13)2)21-18(24)11-27-12-19-22-20(23-26-19)15-7-9-16(25-3)10-8-15/h4-10H,11-12H2,1-3H3,(H,21,24). The lowest BCUT2D eigenvalue weighted by molar-refractivity contribution is -0.113. The highest BCUT2D eigenvalue weighted by Crippen LogP contribution is 2.22. The Bertz CT molecular complexity index is 922. The zero-order valence-electron chi connectivity index (χ0n) is 15.5. The molecule has 1 aromatic heterocycles. The molecule has 1 heterocycles. The van der Waals surface area contributed by atoms with E-state index in [1.54, 1.807) is 7.11 Å². The van der Waals surface area contributed by atoms with Gasteiger partial charge in [-0.15, -0.1) is 11.8 Å². The molecule has 0 radical (unpaired) electrons. The molecule has 0 unspecified atom stereocenters. The molecule has 1 amide bonds. The van der Waals surface area contributed by atoms with Gasteiger partial charge in [-0.2, -0.15) is 4.98 Å². The SMILES string of the molecule is COc1ccc(-c2noc(CSCC(=O)Nc3cccc(C)c3C)n2)cc1. The Kier molecular flexibility index (Phi) is 6.13. The number of thioether (sulfide) groups is 1. The summed E-state index contributed by atoms with van der Waals surface area (Å²) in [5.41, 5.74) is 3.93. The maximum atomic E-state index is 12.1. The molecule has 7 heteroatoms. The van der Waals surface area contributed by atoms with Crippen LogP contribution in [0.2, 0.25) is 0 Å². The number of carbonyl (C=O) groups is 1. The van der Waals surface area contributed by atoms with Gasteiger partial charge in [0.1, 0.15) is 5.75 Å². The number of ether oxygens (including phenoxy) is 1. The molecular formula is C20H21N3O3S. The molecule has 0 bridgehead atoms. The van der Waals surface area contributed by atoms with E-state index in [1.807, 2.05) is 56.3 Å².